The lowest BCUT2D eigenvalue weighted by Crippen LogP contribution is -2.28. The summed E-state index contributed by atoms with van der Waals surface area (Å²) < 4.78 is 69.9. The molecule has 0 atom stereocenters. The van der Waals surface area contributed by atoms with E-state index in [0.717, 1.165) is 12.1 Å². The molecular formula is C24H19Cl2F3N2O5S. The van der Waals surface area contributed by atoms with Crippen LogP contribution in [-0.4, -0.2) is 32.3 Å². The first-order valence-electron chi connectivity index (χ1n) is 10.5. The molecule has 0 unspecified atom stereocenters. The van der Waals surface area contributed by atoms with Gasteiger partial charge in [0.25, 0.3) is 0 Å². The molecule has 0 heterocycles. The van der Waals surface area contributed by atoms with Crippen LogP contribution in [0, 0.1) is 0 Å². The minimum atomic E-state index is -5.85. The van der Waals surface area contributed by atoms with Crippen LogP contribution >= 0.6 is 23.2 Å². The van der Waals surface area contributed by atoms with E-state index in [1.807, 2.05) is 0 Å². The Kier molecular flexibility index (Phi) is 9.06. The number of benzene rings is 3. The quantitative estimate of drug-likeness (QED) is 0.143. The highest BCUT2D eigenvalue weighted by atomic mass is 35.5. The molecule has 196 valence electrons. The average molecular weight is 575 g/mol. The highest BCUT2D eigenvalue weighted by Gasteiger charge is 2.48. The fraction of sp³-hybridized carbons (Fsp3) is 0.167. The third-order valence-corrected chi connectivity index (χ3v) is 6.35. The van der Waals surface area contributed by atoms with Crippen LogP contribution < -0.4 is 9.61 Å². The number of ether oxygens (including phenoxy) is 1. The zero-order valence-electron chi connectivity index (χ0n) is 19.0. The van der Waals surface area contributed by atoms with Gasteiger partial charge >= 0.3 is 21.7 Å². The summed E-state index contributed by atoms with van der Waals surface area (Å²) in [4.78, 5) is 12.0. The minimum absolute atomic E-state index is 0.0915. The molecule has 1 N–H and O–H groups in total. The van der Waals surface area contributed by atoms with Gasteiger partial charge in [-0.25, -0.2) is 10.2 Å². The molecule has 0 aliphatic carbocycles. The Morgan fingerprint density at radius 2 is 1.41 bits per heavy atom. The normalized spacial score (nSPS) is 12.4. The van der Waals surface area contributed by atoms with Crippen LogP contribution in [0.5, 0.6) is 5.75 Å². The van der Waals surface area contributed by atoms with Crippen LogP contribution in [0.2, 0.25) is 10.0 Å². The van der Waals surface area contributed by atoms with Gasteiger partial charge in [-0.15, -0.1) is 0 Å². The summed E-state index contributed by atoms with van der Waals surface area (Å²) in [5.41, 5.74) is -1.29. The summed E-state index contributed by atoms with van der Waals surface area (Å²) in [7, 11) is -5.85. The van der Waals surface area contributed by atoms with E-state index in [9.17, 15) is 26.4 Å². The van der Waals surface area contributed by atoms with E-state index in [4.69, 9.17) is 27.9 Å². The van der Waals surface area contributed by atoms with Gasteiger partial charge in [0.15, 0.2) is 0 Å². The van der Waals surface area contributed by atoms with Crippen LogP contribution in [0.3, 0.4) is 0 Å². The smallest absolute Gasteiger partial charge is 0.449 e. The highest BCUT2D eigenvalue weighted by Crippen LogP contribution is 2.32. The molecule has 3 rings (SSSR count). The Hall–Kier alpha value is -3.28. The van der Waals surface area contributed by atoms with Crippen molar-refractivity contribution in [3.63, 3.8) is 0 Å². The number of amides is 1. The van der Waals surface area contributed by atoms with Crippen molar-refractivity contribution in [3.8, 4) is 5.75 Å². The van der Waals surface area contributed by atoms with Gasteiger partial charge in [-0.2, -0.15) is 26.7 Å². The Balaban J connectivity index is 2.11. The number of nitrogens with zero attached hydrogens (tertiary/aromatic N) is 1. The topological polar surface area (TPSA) is 94.1 Å². The molecule has 37 heavy (non-hydrogen) atoms. The molecular weight excluding hydrogens is 556 g/mol. The monoisotopic (exact) mass is 574 g/mol. The highest BCUT2D eigenvalue weighted by molar-refractivity contribution is 7.88. The lowest BCUT2D eigenvalue weighted by Gasteiger charge is -2.21. The zero-order valence-corrected chi connectivity index (χ0v) is 21.3. The number of rotatable bonds is 8. The summed E-state index contributed by atoms with van der Waals surface area (Å²) in [5.74, 6) is -1.18. The first kappa shape index (κ1) is 28.3. The van der Waals surface area contributed by atoms with Gasteiger partial charge in [0.05, 0.1) is 18.2 Å². The van der Waals surface area contributed by atoms with Crippen molar-refractivity contribution in [1.82, 2.24) is 5.43 Å². The van der Waals surface area contributed by atoms with Crippen LogP contribution in [0.4, 0.5) is 18.0 Å². The maximum atomic E-state index is 12.7. The predicted octanol–water partition coefficient (Wildman–Crippen LogP) is 6.50. The summed E-state index contributed by atoms with van der Waals surface area (Å²) in [6.45, 7) is 1.70. The number of carbonyl (C=O) groups is 1. The van der Waals surface area contributed by atoms with Gasteiger partial charge in [0.2, 0.25) is 0 Å². The largest absolute Gasteiger partial charge is 0.534 e. The molecule has 3 aromatic carbocycles. The molecule has 3 aromatic rings. The van der Waals surface area contributed by atoms with Gasteiger partial charge in [-0.1, -0.05) is 47.5 Å². The van der Waals surface area contributed by atoms with Gasteiger partial charge in [0.1, 0.15) is 5.75 Å². The van der Waals surface area contributed by atoms with Crippen molar-refractivity contribution < 1.29 is 35.3 Å². The predicted molar refractivity (Wildman–Crippen MR) is 133 cm³/mol. The fourth-order valence-electron chi connectivity index (χ4n) is 3.24. The lowest BCUT2D eigenvalue weighted by molar-refractivity contribution is -0.0500. The van der Waals surface area contributed by atoms with Crippen LogP contribution in [0.1, 0.15) is 29.5 Å². The first-order chi connectivity index (χ1) is 17.4. The van der Waals surface area contributed by atoms with Gasteiger partial charge in [0, 0.05) is 10.0 Å². The Morgan fingerprint density at radius 3 is 1.84 bits per heavy atom. The maximum absolute atomic E-state index is 12.7. The van der Waals surface area contributed by atoms with Gasteiger partial charge in [-0.3, -0.25) is 0 Å². The fourth-order valence-corrected chi connectivity index (χ4v) is 3.95. The SMILES string of the molecule is CCOC(=O)NN=C(c1ccc(OS(=O)(=O)C(F)(F)F)cc1)C(c1ccc(Cl)cc1)c1ccc(Cl)cc1. The number of hydrogen-bond donors (Lipinski definition) is 1. The van der Waals surface area contributed by atoms with Crippen molar-refractivity contribution in [3.05, 3.63) is 99.5 Å². The molecule has 7 nitrogen and oxygen atoms in total. The van der Waals surface area contributed by atoms with Crippen LogP contribution in [-0.2, 0) is 14.9 Å². The second-order valence-electron chi connectivity index (χ2n) is 7.37. The van der Waals surface area contributed by atoms with Crippen molar-refractivity contribution in [1.29, 1.82) is 0 Å². The molecule has 0 aromatic heterocycles. The molecule has 0 bridgehead atoms. The summed E-state index contributed by atoms with van der Waals surface area (Å²) in [6.07, 6.45) is -0.831. The van der Waals surface area contributed by atoms with Gasteiger partial charge < -0.3 is 8.92 Å². The second-order valence-corrected chi connectivity index (χ2v) is 9.78. The van der Waals surface area contributed by atoms with Crippen LogP contribution in [0.25, 0.3) is 0 Å². The number of hydrogen-bond acceptors (Lipinski definition) is 6. The van der Waals surface area contributed by atoms with E-state index < -0.39 is 33.4 Å². The molecule has 0 aliphatic heterocycles. The third kappa shape index (κ3) is 7.37. The minimum Gasteiger partial charge on any atom is -0.449 e. The Morgan fingerprint density at radius 1 is 0.919 bits per heavy atom. The summed E-state index contributed by atoms with van der Waals surface area (Å²) in [5, 5.41) is 5.20. The summed E-state index contributed by atoms with van der Waals surface area (Å²) >= 11 is 12.1. The Bertz CT molecular complexity index is 1320. The van der Waals surface area contributed by atoms with Gasteiger partial charge in [-0.05, 0) is 72.1 Å². The summed E-state index contributed by atoms with van der Waals surface area (Å²) in [6, 6.07) is 18.3. The zero-order chi connectivity index (χ0) is 27.2. The standard InChI is InChI=1S/C24H19Cl2F3N2O5S/c1-2-35-23(32)31-30-22(17-7-13-20(14-8-17)36-37(33,34)24(27,28)29)21(15-3-9-18(25)10-4-15)16-5-11-19(26)12-6-16/h3-14,21H,2H2,1H3,(H,31,32). The number of alkyl halides is 3. The van der Waals surface area contributed by atoms with E-state index in [2.05, 4.69) is 14.7 Å². The second kappa shape index (κ2) is 11.8. The van der Waals surface area contributed by atoms with E-state index in [1.165, 1.54) is 12.1 Å². The average Bonchev–Trinajstić information content (AvgIpc) is 2.83. The third-order valence-electron chi connectivity index (χ3n) is 4.86. The van der Waals surface area contributed by atoms with Crippen molar-refractivity contribution in [2.45, 2.75) is 18.3 Å². The lowest BCUT2D eigenvalue weighted by atomic mass is 9.84. The number of hydrazone groups is 1. The van der Waals surface area contributed by atoms with Crippen molar-refractivity contribution >= 4 is 45.1 Å². The Labute approximate surface area is 220 Å². The molecule has 0 radical (unpaired) electrons. The molecule has 0 fully saturated rings. The molecule has 0 saturated carbocycles. The van der Waals surface area contributed by atoms with E-state index in [-0.39, 0.29) is 12.3 Å². The number of nitrogens with one attached hydrogen (secondary N) is 1. The van der Waals surface area contributed by atoms with E-state index in [0.29, 0.717) is 26.7 Å². The molecule has 0 spiro atoms. The van der Waals surface area contributed by atoms with Crippen molar-refractivity contribution in [2.24, 2.45) is 5.10 Å². The molecule has 0 aliphatic rings. The van der Waals surface area contributed by atoms with E-state index in [1.54, 1.807) is 55.5 Å². The molecule has 0 saturated heterocycles. The first-order valence-corrected chi connectivity index (χ1v) is 12.7. The molecule has 1 amide bonds. The van der Waals surface area contributed by atoms with Crippen LogP contribution in [0.15, 0.2) is 77.9 Å². The van der Waals surface area contributed by atoms with Crippen molar-refractivity contribution in [2.75, 3.05) is 6.61 Å². The number of carbonyl (C=O) groups excluding carboxylic acids is 1. The molecule has 13 heteroatoms. The maximum Gasteiger partial charge on any atom is 0.534 e. The van der Waals surface area contributed by atoms with E-state index >= 15 is 0 Å². The number of halogens is 5.